The molecule has 68 valence electrons. The molecule has 3 N–H and O–H groups in total. The number of hydrogen-bond acceptors (Lipinski definition) is 3. The number of rotatable bonds is 1. The van der Waals surface area contributed by atoms with Crippen LogP contribution in [-0.4, -0.2) is 19.1 Å². The lowest BCUT2D eigenvalue weighted by atomic mass is 10.4. The van der Waals surface area contributed by atoms with Crippen molar-refractivity contribution in [1.82, 2.24) is 4.98 Å². The summed E-state index contributed by atoms with van der Waals surface area (Å²) in [5.74, 6) is 0.545. The number of hydrogen-bond donors (Lipinski definition) is 2. The molecule has 0 radical (unpaired) electrons. The Hall–Kier alpha value is -0.810. The van der Waals surface area contributed by atoms with E-state index < -0.39 is 0 Å². The Kier molecular flexibility index (Phi) is 5.40. The molecule has 1 aromatic rings. The smallest absolute Gasteiger partial charge is 0.251 e. The van der Waals surface area contributed by atoms with Gasteiger partial charge in [-0.1, -0.05) is 0 Å². The van der Waals surface area contributed by atoms with E-state index in [1.165, 1.54) is 20.2 Å². The summed E-state index contributed by atoms with van der Waals surface area (Å²) in [7, 11) is 3.01. The molecule has 1 heterocycles. The van der Waals surface area contributed by atoms with Gasteiger partial charge in [-0.3, -0.25) is 4.79 Å². The normalized spacial score (nSPS) is 8.33. The molecule has 1 rings (SSSR count). The molecule has 5 heteroatoms. The molecule has 0 fully saturated rings. The SMILES string of the molecule is CN.COc1cc(=O)[nH]cc1Br. The first-order valence-electron chi connectivity index (χ1n) is 3.24. The average molecular weight is 235 g/mol. The van der Waals surface area contributed by atoms with Crippen LogP contribution in [0.3, 0.4) is 0 Å². The second-order valence-corrected chi connectivity index (χ2v) is 2.57. The summed E-state index contributed by atoms with van der Waals surface area (Å²) in [4.78, 5) is 13.1. The Morgan fingerprint density at radius 2 is 2.17 bits per heavy atom. The van der Waals surface area contributed by atoms with Crippen molar-refractivity contribution in [2.45, 2.75) is 0 Å². The monoisotopic (exact) mass is 234 g/mol. The van der Waals surface area contributed by atoms with E-state index in [9.17, 15) is 4.79 Å². The van der Waals surface area contributed by atoms with Crippen molar-refractivity contribution in [3.8, 4) is 5.75 Å². The van der Waals surface area contributed by atoms with Gasteiger partial charge in [0.15, 0.2) is 0 Å². The number of methoxy groups -OCH3 is 1. The second kappa shape index (κ2) is 5.79. The van der Waals surface area contributed by atoms with E-state index in [0.717, 1.165) is 4.47 Å². The van der Waals surface area contributed by atoms with Crippen LogP contribution in [0, 0.1) is 0 Å². The van der Waals surface area contributed by atoms with Crippen LogP contribution in [0.25, 0.3) is 0 Å². The molecular formula is C7H11BrN2O2. The summed E-state index contributed by atoms with van der Waals surface area (Å²) in [6, 6.07) is 1.38. The molecule has 0 aliphatic carbocycles. The standard InChI is InChI=1S/C6H6BrNO2.CH5N/c1-10-5-2-6(9)8-3-4(5)7;1-2/h2-3H,1H3,(H,8,9);2H2,1H3. The highest BCUT2D eigenvalue weighted by Crippen LogP contribution is 2.19. The van der Waals surface area contributed by atoms with Crippen molar-refractivity contribution < 1.29 is 4.74 Å². The van der Waals surface area contributed by atoms with E-state index in [1.807, 2.05) is 0 Å². The molecular weight excluding hydrogens is 224 g/mol. The number of aromatic amines is 1. The maximum absolute atomic E-state index is 10.6. The van der Waals surface area contributed by atoms with Crippen LogP contribution in [0.15, 0.2) is 21.5 Å². The predicted molar refractivity (Wildman–Crippen MR) is 51.4 cm³/mol. The predicted octanol–water partition coefficient (Wildman–Crippen LogP) is 0.721. The van der Waals surface area contributed by atoms with Gasteiger partial charge in [-0.25, -0.2) is 0 Å². The van der Waals surface area contributed by atoms with Gasteiger partial charge in [0.1, 0.15) is 5.75 Å². The van der Waals surface area contributed by atoms with Gasteiger partial charge in [0, 0.05) is 12.3 Å². The van der Waals surface area contributed by atoms with Crippen molar-refractivity contribution in [2.75, 3.05) is 14.2 Å². The van der Waals surface area contributed by atoms with Gasteiger partial charge in [-0.2, -0.15) is 0 Å². The minimum Gasteiger partial charge on any atom is -0.495 e. The van der Waals surface area contributed by atoms with E-state index in [4.69, 9.17) is 4.74 Å². The number of nitrogens with one attached hydrogen (secondary N) is 1. The molecule has 12 heavy (non-hydrogen) atoms. The summed E-state index contributed by atoms with van der Waals surface area (Å²) < 4.78 is 5.60. The van der Waals surface area contributed by atoms with Gasteiger partial charge in [0.2, 0.25) is 0 Å². The summed E-state index contributed by atoms with van der Waals surface area (Å²) in [6.45, 7) is 0. The molecule has 0 aromatic carbocycles. The molecule has 0 saturated carbocycles. The third-order valence-electron chi connectivity index (χ3n) is 1.06. The van der Waals surface area contributed by atoms with Crippen molar-refractivity contribution in [3.05, 3.63) is 27.1 Å². The highest BCUT2D eigenvalue weighted by molar-refractivity contribution is 9.10. The fourth-order valence-electron chi connectivity index (χ4n) is 0.592. The Bertz CT molecular complexity index is 285. The maximum atomic E-state index is 10.6. The molecule has 0 aliphatic heterocycles. The highest BCUT2D eigenvalue weighted by atomic mass is 79.9. The highest BCUT2D eigenvalue weighted by Gasteiger charge is 1.97. The van der Waals surface area contributed by atoms with Gasteiger partial charge < -0.3 is 15.5 Å². The van der Waals surface area contributed by atoms with Crippen LogP contribution in [-0.2, 0) is 0 Å². The number of halogens is 1. The van der Waals surface area contributed by atoms with E-state index in [0.29, 0.717) is 5.75 Å². The Morgan fingerprint density at radius 3 is 2.58 bits per heavy atom. The van der Waals surface area contributed by atoms with Crippen LogP contribution in [0.5, 0.6) is 5.75 Å². The molecule has 0 unspecified atom stereocenters. The van der Waals surface area contributed by atoms with E-state index >= 15 is 0 Å². The third kappa shape index (κ3) is 3.06. The zero-order valence-corrected chi connectivity index (χ0v) is 8.51. The van der Waals surface area contributed by atoms with Crippen molar-refractivity contribution >= 4 is 15.9 Å². The molecule has 0 saturated heterocycles. The lowest BCUT2D eigenvalue weighted by Gasteiger charge is -1.98. The summed E-state index contributed by atoms with van der Waals surface area (Å²) in [5, 5.41) is 0. The number of pyridine rings is 1. The van der Waals surface area contributed by atoms with Crippen LogP contribution in [0.2, 0.25) is 0 Å². The summed E-state index contributed by atoms with van der Waals surface area (Å²) >= 11 is 3.20. The maximum Gasteiger partial charge on any atom is 0.251 e. The lowest BCUT2D eigenvalue weighted by molar-refractivity contribution is 0.411. The van der Waals surface area contributed by atoms with Crippen molar-refractivity contribution in [3.63, 3.8) is 0 Å². The van der Waals surface area contributed by atoms with Crippen LogP contribution >= 0.6 is 15.9 Å². The topological polar surface area (TPSA) is 68.1 Å². The Balaban J connectivity index is 0.000000561. The van der Waals surface area contributed by atoms with E-state index in [2.05, 4.69) is 26.6 Å². The van der Waals surface area contributed by atoms with Crippen LogP contribution in [0.1, 0.15) is 0 Å². The zero-order chi connectivity index (χ0) is 9.56. The first kappa shape index (κ1) is 11.2. The third-order valence-corrected chi connectivity index (χ3v) is 1.68. The summed E-state index contributed by atoms with van der Waals surface area (Å²) in [6.07, 6.45) is 1.54. The first-order chi connectivity index (χ1) is 5.74. The number of nitrogens with two attached hydrogens (primary N) is 1. The fourth-order valence-corrected chi connectivity index (χ4v) is 0.983. The molecule has 4 nitrogen and oxygen atoms in total. The zero-order valence-electron chi connectivity index (χ0n) is 6.93. The van der Waals surface area contributed by atoms with Gasteiger partial charge in [0.05, 0.1) is 11.6 Å². The van der Waals surface area contributed by atoms with Gasteiger partial charge in [-0.05, 0) is 23.0 Å². The van der Waals surface area contributed by atoms with Gasteiger partial charge in [0.25, 0.3) is 5.56 Å². The molecule has 0 aliphatic rings. The molecule has 0 spiro atoms. The summed E-state index contributed by atoms with van der Waals surface area (Å²) in [5.41, 5.74) is 4.33. The fraction of sp³-hybridized carbons (Fsp3) is 0.286. The van der Waals surface area contributed by atoms with E-state index in [1.54, 1.807) is 6.20 Å². The largest absolute Gasteiger partial charge is 0.495 e. The number of aromatic nitrogens is 1. The van der Waals surface area contributed by atoms with Crippen molar-refractivity contribution in [1.29, 1.82) is 0 Å². The molecule has 0 bridgehead atoms. The Labute approximate surface area is 78.9 Å². The van der Waals surface area contributed by atoms with Crippen LogP contribution in [0.4, 0.5) is 0 Å². The molecule has 1 aromatic heterocycles. The van der Waals surface area contributed by atoms with Gasteiger partial charge in [-0.15, -0.1) is 0 Å². The van der Waals surface area contributed by atoms with Crippen molar-refractivity contribution in [2.24, 2.45) is 5.73 Å². The minimum atomic E-state index is -0.167. The molecule has 0 amide bonds. The van der Waals surface area contributed by atoms with Gasteiger partial charge >= 0.3 is 0 Å². The number of H-pyrrole nitrogens is 1. The average Bonchev–Trinajstić information content (AvgIpc) is 2.13. The minimum absolute atomic E-state index is 0.167. The quantitative estimate of drug-likeness (QED) is 0.753. The second-order valence-electron chi connectivity index (χ2n) is 1.71. The molecule has 0 atom stereocenters. The first-order valence-corrected chi connectivity index (χ1v) is 4.03. The lowest BCUT2D eigenvalue weighted by Crippen LogP contribution is -2.03. The number of ether oxygens (including phenoxy) is 1. The van der Waals surface area contributed by atoms with Crippen LogP contribution < -0.4 is 16.0 Å². The van der Waals surface area contributed by atoms with E-state index in [-0.39, 0.29) is 5.56 Å². The Morgan fingerprint density at radius 1 is 1.58 bits per heavy atom.